The highest BCUT2D eigenvalue weighted by atomic mass is 15.3. The van der Waals surface area contributed by atoms with Crippen LogP contribution < -0.4 is 5.32 Å². The summed E-state index contributed by atoms with van der Waals surface area (Å²) in [4.78, 5) is 5.10. The first-order chi connectivity index (χ1) is 8.74. The van der Waals surface area contributed by atoms with Crippen LogP contribution in [-0.4, -0.2) is 61.2 Å². The van der Waals surface area contributed by atoms with Gasteiger partial charge in [0.2, 0.25) is 0 Å². The van der Waals surface area contributed by atoms with Gasteiger partial charge in [0.1, 0.15) is 0 Å². The van der Waals surface area contributed by atoms with Gasteiger partial charge in [-0.2, -0.15) is 0 Å². The molecule has 114 valence electrons. The van der Waals surface area contributed by atoms with Gasteiger partial charge in [0.05, 0.1) is 0 Å². The molecule has 0 bridgehead atoms. The first-order valence-electron chi connectivity index (χ1n) is 7.90. The van der Waals surface area contributed by atoms with Crippen molar-refractivity contribution >= 4 is 0 Å². The molecule has 1 aliphatic heterocycles. The Morgan fingerprint density at radius 3 is 2.32 bits per heavy atom. The largest absolute Gasteiger partial charge is 0.311 e. The van der Waals surface area contributed by atoms with E-state index in [0.717, 1.165) is 12.5 Å². The van der Waals surface area contributed by atoms with Gasteiger partial charge in [-0.3, -0.25) is 4.90 Å². The fourth-order valence-electron chi connectivity index (χ4n) is 3.13. The first kappa shape index (κ1) is 16.9. The minimum atomic E-state index is 0.221. The van der Waals surface area contributed by atoms with Crippen LogP contribution in [0, 0.1) is 5.92 Å². The van der Waals surface area contributed by atoms with Crippen molar-refractivity contribution in [1.29, 1.82) is 0 Å². The minimum Gasteiger partial charge on any atom is -0.311 e. The summed E-state index contributed by atoms with van der Waals surface area (Å²) in [5.74, 6) is 0.781. The van der Waals surface area contributed by atoms with Gasteiger partial charge in [0.25, 0.3) is 0 Å². The van der Waals surface area contributed by atoms with Gasteiger partial charge < -0.3 is 10.2 Å². The van der Waals surface area contributed by atoms with Crippen LogP contribution in [0.25, 0.3) is 0 Å². The Morgan fingerprint density at radius 1 is 1.26 bits per heavy atom. The van der Waals surface area contributed by atoms with Crippen molar-refractivity contribution in [2.45, 2.75) is 65.1 Å². The summed E-state index contributed by atoms with van der Waals surface area (Å²) in [5, 5.41) is 3.69. The third-order valence-electron chi connectivity index (χ3n) is 4.27. The number of likely N-dealkylation sites (tertiary alicyclic amines) is 1. The second-order valence-electron chi connectivity index (χ2n) is 7.54. The molecule has 1 aliphatic rings. The smallest absolute Gasteiger partial charge is 0.0254 e. The average molecular weight is 269 g/mol. The van der Waals surface area contributed by atoms with Crippen LogP contribution in [0.4, 0.5) is 0 Å². The van der Waals surface area contributed by atoms with Crippen LogP contribution in [0.5, 0.6) is 0 Å². The molecule has 0 aromatic carbocycles. The number of rotatable bonds is 6. The Labute approximate surface area is 120 Å². The third-order valence-corrected chi connectivity index (χ3v) is 4.27. The van der Waals surface area contributed by atoms with E-state index in [0.29, 0.717) is 12.1 Å². The van der Waals surface area contributed by atoms with Gasteiger partial charge in [-0.1, -0.05) is 20.3 Å². The van der Waals surface area contributed by atoms with E-state index in [2.05, 4.69) is 63.8 Å². The highest BCUT2D eigenvalue weighted by Crippen LogP contribution is 2.23. The maximum absolute atomic E-state index is 3.69. The summed E-state index contributed by atoms with van der Waals surface area (Å²) in [6.07, 6.45) is 2.57. The molecule has 3 unspecified atom stereocenters. The normalized spacial score (nSPS) is 27.2. The Kier molecular flexibility index (Phi) is 6.28. The van der Waals surface area contributed by atoms with Gasteiger partial charge in [0, 0.05) is 37.3 Å². The molecule has 1 saturated heterocycles. The maximum Gasteiger partial charge on any atom is 0.0254 e. The lowest BCUT2D eigenvalue weighted by atomic mass is 10.1. The fraction of sp³-hybridized carbons (Fsp3) is 1.00. The Morgan fingerprint density at radius 2 is 1.89 bits per heavy atom. The molecule has 0 aliphatic carbocycles. The minimum absolute atomic E-state index is 0.221. The fourth-order valence-corrected chi connectivity index (χ4v) is 3.13. The lowest BCUT2D eigenvalue weighted by molar-refractivity contribution is 0.191. The standard InChI is InChI=1S/C16H35N3/c1-8-9-14(10-17-16(3,4)5)19-11-13(2)15(12-19)18(6)7/h13-15,17H,8-12H2,1-7H3. The Bertz CT molecular complexity index is 257. The second kappa shape index (κ2) is 7.05. The van der Waals surface area contributed by atoms with Crippen LogP contribution in [0.3, 0.4) is 0 Å². The molecule has 0 aromatic rings. The summed E-state index contributed by atoms with van der Waals surface area (Å²) >= 11 is 0. The van der Waals surface area contributed by atoms with E-state index >= 15 is 0 Å². The molecule has 0 amide bonds. The van der Waals surface area contributed by atoms with E-state index in [9.17, 15) is 0 Å². The van der Waals surface area contributed by atoms with Crippen molar-refractivity contribution in [2.75, 3.05) is 33.7 Å². The van der Waals surface area contributed by atoms with Crippen LogP contribution in [0.2, 0.25) is 0 Å². The molecule has 1 N–H and O–H groups in total. The number of nitrogens with one attached hydrogen (secondary N) is 1. The average Bonchev–Trinajstić information content (AvgIpc) is 2.65. The molecule has 0 aromatic heterocycles. The lowest BCUT2D eigenvalue weighted by Crippen LogP contribution is -2.47. The second-order valence-corrected chi connectivity index (χ2v) is 7.54. The number of nitrogens with zero attached hydrogens (tertiary/aromatic N) is 2. The summed E-state index contributed by atoms with van der Waals surface area (Å²) in [6, 6.07) is 1.41. The zero-order valence-electron chi connectivity index (χ0n) is 14.2. The number of hydrogen-bond acceptors (Lipinski definition) is 3. The predicted molar refractivity (Wildman–Crippen MR) is 84.7 cm³/mol. The van der Waals surface area contributed by atoms with E-state index in [-0.39, 0.29) is 5.54 Å². The van der Waals surface area contributed by atoms with E-state index in [1.807, 2.05) is 0 Å². The monoisotopic (exact) mass is 269 g/mol. The zero-order valence-corrected chi connectivity index (χ0v) is 14.2. The van der Waals surface area contributed by atoms with Crippen molar-refractivity contribution in [3.8, 4) is 0 Å². The van der Waals surface area contributed by atoms with Gasteiger partial charge in [-0.15, -0.1) is 0 Å². The highest BCUT2D eigenvalue weighted by Gasteiger charge is 2.34. The Hall–Kier alpha value is -0.120. The quantitative estimate of drug-likeness (QED) is 0.799. The highest BCUT2D eigenvalue weighted by molar-refractivity contribution is 4.91. The Balaban J connectivity index is 2.57. The van der Waals surface area contributed by atoms with Gasteiger partial charge >= 0.3 is 0 Å². The molecular formula is C16H35N3. The third kappa shape index (κ3) is 5.41. The van der Waals surface area contributed by atoms with Gasteiger partial charge in [0.15, 0.2) is 0 Å². The SMILES string of the molecule is CCCC(CNC(C)(C)C)N1CC(C)C(N(C)C)C1. The summed E-state index contributed by atoms with van der Waals surface area (Å²) < 4.78 is 0. The van der Waals surface area contributed by atoms with Crippen molar-refractivity contribution in [2.24, 2.45) is 5.92 Å². The van der Waals surface area contributed by atoms with Crippen molar-refractivity contribution in [1.82, 2.24) is 15.1 Å². The number of likely N-dealkylation sites (N-methyl/N-ethyl adjacent to an activating group) is 1. The topological polar surface area (TPSA) is 18.5 Å². The van der Waals surface area contributed by atoms with Crippen LogP contribution in [0.1, 0.15) is 47.5 Å². The molecule has 0 spiro atoms. The van der Waals surface area contributed by atoms with Crippen LogP contribution in [-0.2, 0) is 0 Å². The van der Waals surface area contributed by atoms with Gasteiger partial charge in [-0.05, 0) is 47.2 Å². The van der Waals surface area contributed by atoms with Crippen molar-refractivity contribution < 1.29 is 0 Å². The summed E-state index contributed by atoms with van der Waals surface area (Å²) in [6.45, 7) is 15.0. The van der Waals surface area contributed by atoms with Crippen molar-refractivity contribution in [3.63, 3.8) is 0 Å². The molecule has 3 heteroatoms. The number of hydrogen-bond donors (Lipinski definition) is 1. The molecule has 1 heterocycles. The van der Waals surface area contributed by atoms with E-state index in [1.165, 1.54) is 25.9 Å². The molecule has 0 saturated carbocycles. The summed E-state index contributed by atoms with van der Waals surface area (Å²) in [5.41, 5.74) is 0.221. The molecule has 1 fully saturated rings. The molecule has 0 radical (unpaired) electrons. The zero-order chi connectivity index (χ0) is 14.6. The first-order valence-corrected chi connectivity index (χ1v) is 7.90. The van der Waals surface area contributed by atoms with E-state index in [4.69, 9.17) is 0 Å². The van der Waals surface area contributed by atoms with Crippen LogP contribution in [0.15, 0.2) is 0 Å². The van der Waals surface area contributed by atoms with Crippen molar-refractivity contribution in [3.05, 3.63) is 0 Å². The molecular weight excluding hydrogens is 234 g/mol. The summed E-state index contributed by atoms with van der Waals surface area (Å²) in [7, 11) is 4.43. The van der Waals surface area contributed by atoms with Crippen LogP contribution >= 0.6 is 0 Å². The predicted octanol–water partition coefficient (Wildman–Crippen LogP) is 2.43. The van der Waals surface area contributed by atoms with E-state index in [1.54, 1.807) is 0 Å². The molecule has 19 heavy (non-hydrogen) atoms. The lowest BCUT2D eigenvalue weighted by Gasteiger charge is -2.32. The molecule has 3 atom stereocenters. The maximum atomic E-state index is 3.69. The molecule has 3 nitrogen and oxygen atoms in total. The van der Waals surface area contributed by atoms with Gasteiger partial charge in [-0.25, -0.2) is 0 Å². The molecule has 1 rings (SSSR count). The van der Waals surface area contributed by atoms with E-state index < -0.39 is 0 Å².